The molecule has 1 amide bonds. The third-order valence-corrected chi connectivity index (χ3v) is 2.73. The Morgan fingerprint density at radius 3 is 2.81 bits per heavy atom. The summed E-state index contributed by atoms with van der Waals surface area (Å²) in [6.45, 7) is 3.52. The molecule has 4 nitrogen and oxygen atoms in total. The lowest BCUT2D eigenvalue weighted by Gasteiger charge is -2.17. The van der Waals surface area contributed by atoms with E-state index in [4.69, 9.17) is 4.74 Å². The number of rotatable bonds is 9. The fraction of sp³-hybridized carbons (Fsp3) is 0.917. The number of carbonyl (C=O) groups is 1. The molecular weight excluding hydrogens is 204 g/mol. The third-order valence-electron chi connectivity index (χ3n) is 2.73. The number of carbonyl (C=O) groups excluding carboxylic acids is 1. The van der Waals surface area contributed by atoms with Crippen LogP contribution in [-0.4, -0.2) is 38.3 Å². The molecule has 1 fully saturated rings. The monoisotopic (exact) mass is 228 g/mol. The molecule has 94 valence electrons. The summed E-state index contributed by atoms with van der Waals surface area (Å²) in [5.41, 5.74) is 0. The molecule has 1 aliphatic rings. The lowest BCUT2D eigenvalue weighted by atomic mass is 10.2. The van der Waals surface area contributed by atoms with E-state index in [0.717, 1.165) is 19.4 Å². The summed E-state index contributed by atoms with van der Waals surface area (Å²) >= 11 is 0. The van der Waals surface area contributed by atoms with Crippen molar-refractivity contribution in [2.24, 2.45) is 0 Å². The zero-order valence-electron chi connectivity index (χ0n) is 10.4. The van der Waals surface area contributed by atoms with Crippen LogP contribution in [0.5, 0.6) is 0 Å². The number of ether oxygens (including phenoxy) is 1. The van der Waals surface area contributed by atoms with Crippen LogP contribution >= 0.6 is 0 Å². The molecule has 0 bridgehead atoms. The van der Waals surface area contributed by atoms with Crippen LogP contribution < -0.4 is 10.6 Å². The van der Waals surface area contributed by atoms with Gasteiger partial charge in [-0.3, -0.25) is 4.79 Å². The Balaban J connectivity index is 2.07. The Labute approximate surface area is 98.1 Å². The number of hydrogen-bond donors (Lipinski definition) is 2. The van der Waals surface area contributed by atoms with Crippen molar-refractivity contribution in [2.45, 2.75) is 51.1 Å². The predicted octanol–water partition coefficient (Wildman–Crippen LogP) is 1.06. The summed E-state index contributed by atoms with van der Waals surface area (Å²) in [6.07, 6.45) is 5.15. The fourth-order valence-corrected chi connectivity index (χ4v) is 1.72. The van der Waals surface area contributed by atoms with Gasteiger partial charge in [-0.05, 0) is 19.3 Å². The van der Waals surface area contributed by atoms with Gasteiger partial charge in [0.15, 0.2) is 0 Å². The van der Waals surface area contributed by atoms with E-state index in [9.17, 15) is 4.79 Å². The van der Waals surface area contributed by atoms with Crippen LogP contribution in [0.2, 0.25) is 0 Å². The summed E-state index contributed by atoms with van der Waals surface area (Å²) in [7, 11) is 1.67. The van der Waals surface area contributed by atoms with Gasteiger partial charge in [-0.1, -0.05) is 13.3 Å². The standard InChI is InChI=1S/C12H24N2O2/c1-3-4-11(9-16-2)14-12(15)7-8-13-10-5-6-10/h10-11,13H,3-9H2,1-2H3,(H,14,15). The van der Waals surface area contributed by atoms with Crippen LogP contribution in [0.4, 0.5) is 0 Å². The van der Waals surface area contributed by atoms with Crippen LogP contribution in [0.1, 0.15) is 39.0 Å². The summed E-state index contributed by atoms with van der Waals surface area (Å²) < 4.78 is 5.08. The van der Waals surface area contributed by atoms with E-state index >= 15 is 0 Å². The van der Waals surface area contributed by atoms with Crippen molar-refractivity contribution >= 4 is 5.91 Å². The van der Waals surface area contributed by atoms with Crippen molar-refractivity contribution in [3.05, 3.63) is 0 Å². The first kappa shape index (κ1) is 13.5. The van der Waals surface area contributed by atoms with E-state index in [-0.39, 0.29) is 11.9 Å². The molecule has 16 heavy (non-hydrogen) atoms. The van der Waals surface area contributed by atoms with Gasteiger partial charge in [0.25, 0.3) is 0 Å². The van der Waals surface area contributed by atoms with Gasteiger partial charge in [-0.2, -0.15) is 0 Å². The molecule has 0 aliphatic heterocycles. The second-order valence-corrected chi connectivity index (χ2v) is 4.49. The smallest absolute Gasteiger partial charge is 0.221 e. The Morgan fingerprint density at radius 1 is 1.50 bits per heavy atom. The zero-order chi connectivity index (χ0) is 11.8. The maximum atomic E-state index is 11.6. The summed E-state index contributed by atoms with van der Waals surface area (Å²) in [5, 5.41) is 6.34. The van der Waals surface area contributed by atoms with E-state index in [1.54, 1.807) is 7.11 Å². The first-order chi connectivity index (χ1) is 7.76. The van der Waals surface area contributed by atoms with Crippen LogP contribution in [0.25, 0.3) is 0 Å². The quantitative estimate of drug-likeness (QED) is 0.620. The molecule has 0 aromatic rings. The van der Waals surface area contributed by atoms with Crippen molar-refractivity contribution in [1.29, 1.82) is 0 Å². The molecule has 0 aromatic heterocycles. The average Bonchev–Trinajstić information content (AvgIpc) is 3.02. The average molecular weight is 228 g/mol. The molecule has 1 aliphatic carbocycles. The van der Waals surface area contributed by atoms with Gasteiger partial charge in [0.2, 0.25) is 5.91 Å². The normalized spacial score (nSPS) is 17.1. The molecule has 4 heteroatoms. The van der Waals surface area contributed by atoms with Crippen molar-refractivity contribution in [2.75, 3.05) is 20.3 Å². The summed E-state index contributed by atoms with van der Waals surface area (Å²) in [4.78, 5) is 11.6. The largest absolute Gasteiger partial charge is 0.383 e. The highest BCUT2D eigenvalue weighted by Gasteiger charge is 2.20. The van der Waals surface area contributed by atoms with E-state index in [1.165, 1.54) is 12.8 Å². The zero-order valence-corrected chi connectivity index (χ0v) is 10.4. The van der Waals surface area contributed by atoms with Crippen LogP contribution in [0.3, 0.4) is 0 Å². The van der Waals surface area contributed by atoms with Crippen molar-refractivity contribution < 1.29 is 9.53 Å². The first-order valence-electron chi connectivity index (χ1n) is 6.28. The number of nitrogens with one attached hydrogen (secondary N) is 2. The van der Waals surface area contributed by atoms with Gasteiger partial charge in [-0.15, -0.1) is 0 Å². The Bertz CT molecular complexity index is 199. The highest BCUT2D eigenvalue weighted by molar-refractivity contribution is 5.76. The molecule has 0 aromatic carbocycles. The molecule has 1 saturated carbocycles. The van der Waals surface area contributed by atoms with Crippen molar-refractivity contribution in [1.82, 2.24) is 10.6 Å². The Kier molecular flexibility index (Phi) is 6.42. The molecule has 0 heterocycles. The Morgan fingerprint density at radius 2 is 2.25 bits per heavy atom. The molecular formula is C12H24N2O2. The van der Waals surface area contributed by atoms with E-state index < -0.39 is 0 Å². The maximum absolute atomic E-state index is 11.6. The lowest BCUT2D eigenvalue weighted by Crippen LogP contribution is -2.39. The van der Waals surface area contributed by atoms with Crippen LogP contribution in [0, 0.1) is 0 Å². The molecule has 0 spiro atoms. The minimum atomic E-state index is 0.128. The van der Waals surface area contributed by atoms with Crippen molar-refractivity contribution in [3.63, 3.8) is 0 Å². The molecule has 2 N–H and O–H groups in total. The van der Waals surface area contributed by atoms with E-state index in [1.807, 2.05) is 0 Å². The molecule has 0 saturated heterocycles. The van der Waals surface area contributed by atoms with Gasteiger partial charge in [0, 0.05) is 26.1 Å². The van der Waals surface area contributed by atoms with Crippen LogP contribution in [0.15, 0.2) is 0 Å². The van der Waals surface area contributed by atoms with E-state index in [0.29, 0.717) is 19.1 Å². The molecule has 1 rings (SSSR count). The SMILES string of the molecule is CCCC(COC)NC(=O)CCNC1CC1. The minimum absolute atomic E-state index is 0.128. The number of amides is 1. The third kappa shape index (κ3) is 6.08. The molecule has 1 atom stereocenters. The highest BCUT2D eigenvalue weighted by atomic mass is 16.5. The van der Waals surface area contributed by atoms with Crippen LogP contribution in [-0.2, 0) is 9.53 Å². The minimum Gasteiger partial charge on any atom is -0.383 e. The Hall–Kier alpha value is -0.610. The van der Waals surface area contributed by atoms with E-state index in [2.05, 4.69) is 17.6 Å². The van der Waals surface area contributed by atoms with Gasteiger partial charge in [0.1, 0.15) is 0 Å². The number of methoxy groups -OCH3 is 1. The first-order valence-corrected chi connectivity index (χ1v) is 6.28. The van der Waals surface area contributed by atoms with Gasteiger partial charge in [0.05, 0.1) is 12.6 Å². The van der Waals surface area contributed by atoms with Gasteiger partial charge >= 0.3 is 0 Å². The molecule has 0 radical (unpaired) electrons. The second kappa shape index (κ2) is 7.63. The number of hydrogen-bond acceptors (Lipinski definition) is 3. The lowest BCUT2D eigenvalue weighted by molar-refractivity contribution is -0.122. The second-order valence-electron chi connectivity index (χ2n) is 4.49. The highest BCUT2D eigenvalue weighted by Crippen LogP contribution is 2.18. The predicted molar refractivity (Wildman–Crippen MR) is 64.4 cm³/mol. The van der Waals surface area contributed by atoms with Crippen molar-refractivity contribution in [3.8, 4) is 0 Å². The van der Waals surface area contributed by atoms with Gasteiger partial charge in [-0.25, -0.2) is 0 Å². The van der Waals surface area contributed by atoms with Gasteiger partial charge < -0.3 is 15.4 Å². The topological polar surface area (TPSA) is 50.4 Å². The fourth-order valence-electron chi connectivity index (χ4n) is 1.72. The maximum Gasteiger partial charge on any atom is 0.221 e. The summed E-state index contributed by atoms with van der Waals surface area (Å²) in [5.74, 6) is 0.128. The molecule has 1 unspecified atom stereocenters. The summed E-state index contributed by atoms with van der Waals surface area (Å²) in [6, 6.07) is 0.849.